The molecule has 0 N–H and O–H groups in total. The van der Waals surface area contributed by atoms with Gasteiger partial charge in [-0.15, -0.1) is 0 Å². The highest BCUT2D eigenvalue weighted by Crippen LogP contribution is 1.93. The lowest BCUT2D eigenvalue weighted by Gasteiger charge is -1.87. The van der Waals surface area contributed by atoms with Crippen LogP contribution >= 0.6 is 0 Å². The fourth-order valence-corrected chi connectivity index (χ4v) is 0.501. The zero-order chi connectivity index (χ0) is 8.32. The van der Waals surface area contributed by atoms with E-state index in [1.807, 2.05) is 0 Å². The van der Waals surface area contributed by atoms with E-state index in [2.05, 4.69) is 4.98 Å². The van der Waals surface area contributed by atoms with Crippen LogP contribution in [0.25, 0.3) is 0 Å². The van der Waals surface area contributed by atoms with E-state index >= 15 is 0 Å². The summed E-state index contributed by atoms with van der Waals surface area (Å²) in [7, 11) is 0. The molecule has 9 heavy (non-hydrogen) atoms. The minimum atomic E-state index is -1.92. The predicted molar refractivity (Wildman–Crippen MR) is 33.6 cm³/mol. The summed E-state index contributed by atoms with van der Waals surface area (Å²) in [6, 6.07) is 4.69. The molecule has 0 bridgehead atoms. The minimum Gasteiger partial charge on any atom is -0.264 e. The maximum Gasteiger partial charge on any atom is 0.0670 e. The first-order chi connectivity index (χ1) is 5.17. The van der Waals surface area contributed by atoms with E-state index in [9.17, 15) is 0 Å². The first kappa shape index (κ1) is 3.62. The number of pyridine rings is 1. The molecule has 2 nitrogen and oxygen atoms in total. The van der Waals surface area contributed by atoms with Gasteiger partial charge in [-0.1, -0.05) is 6.07 Å². The van der Waals surface area contributed by atoms with E-state index in [1.165, 1.54) is 18.5 Å². The van der Waals surface area contributed by atoms with Crippen LogP contribution in [-0.4, -0.2) is 4.98 Å². The quantitative estimate of drug-likeness (QED) is 0.557. The molecule has 2 heteroatoms. The summed E-state index contributed by atoms with van der Waals surface area (Å²) < 4.78 is 14.4. The Labute approximate surface area is 56.6 Å². The SMILES string of the molecule is [2H]C([2H])(C#N)c1cccnc1. The van der Waals surface area contributed by atoms with Crippen LogP contribution in [-0.2, 0) is 6.37 Å². The van der Waals surface area contributed by atoms with Gasteiger partial charge in [0.05, 0.1) is 12.4 Å². The largest absolute Gasteiger partial charge is 0.264 e. The van der Waals surface area contributed by atoms with Crippen LogP contribution in [0, 0.1) is 11.3 Å². The maximum atomic E-state index is 8.39. The van der Waals surface area contributed by atoms with Gasteiger partial charge in [0.2, 0.25) is 0 Å². The highest BCUT2D eigenvalue weighted by Gasteiger charge is 1.85. The Morgan fingerprint density at radius 2 is 2.78 bits per heavy atom. The summed E-state index contributed by atoms with van der Waals surface area (Å²) in [4.78, 5) is 3.71. The fourth-order valence-electron chi connectivity index (χ4n) is 0.501. The third-order valence-corrected chi connectivity index (χ3v) is 0.862. The third kappa shape index (κ3) is 1.54. The molecular weight excluding hydrogens is 112 g/mol. The zero-order valence-corrected chi connectivity index (χ0v) is 4.70. The van der Waals surface area contributed by atoms with Crippen LogP contribution in [0.1, 0.15) is 8.30 Å². The lowest BCUT2D eigenvalue weighted by Crippen LogP contribution is -1.79. The molecule has 1 heterocycles. The number of aromatic nitrogens is 1. The van der Waals surface area contributed by atoms with Crippen molar-refractivity contribution in [3.05, 3.63) is 30.1 Å². The van der Waals surface area contributed by atoms with Gasteiger partial charge in [0.25, 0.3) is 0 Å². The summed E-state index contributed by atoms with van der Waals surface area (Å²) in [6.45, 7) is 0. The first-order valence-electron chi connectivity index (χ1n) is 3.48. The molecule has 1 rings (SSSR count). The third-order valence-electron chi connectivity index (χ3n) is 0.862. The molecule has 0 atom stereocenters. The smallest absolute Gasteiger partial charge is 0.0670 e. The molecule has 44 valence electrons. The average Bonchev–Trinajstić information content (AvgIpc) is 2.06. The normalized spacial score (nSPS) is 13.2. The van der Waals surface area contributed by atoms with Crippen LogP contribution in [0.15, 0.2) is 24.5 Å². The Balaban J connectivity index is 3.05. The van der Waals surface area contributed by atoms with E-state index in [4.69, 9.17) is 8.00 Å². The van der Waals surface area contributed by atoms with Crippen LogP contribution in [0.5, 0.6) is 0 Å². The van der Waals surface area contributed by atoms with E-state index in [0.717, 1.165) is 0 Å². The van der Waals surface area contributed by atoms with Gasteiger partial charge < -0.3 is 0 Å². The first-order valence-corrected chi connectivity index (χ1v) is 2.48. The summed E-state index contributed by atoms with van der Waals surface area (Å²) in [6.07, 6.45) is 0.967. The van der Waals surface area contributed by atoms with Gasteiger partial charge in [-0.05, 0) is 11.6 Å². The van der Waals surface area contributed by atoms with Crippen molar-refractivity contribution >= 4 is 0 Å². The predicted octanol–water partition coefficient (Wildman–Crippen LogP) is 1.15. The Bertz CT molecular complexity index is 276. The maximum absolute atomic E-state index is 8.39. The molecule has 0 spiro atoms. The van der Waals surface area contributed by atoms with Gasteiger partial charge in [-0.25, -0.2) is 0 Å². The van der Waals surface area contributed by atoms with Crippen molar-refractivity contribution < 1.29 is 2.74 Å². The van der Waals surface area contributed by atoms with Crippen molar-refractivity contribution in [2.75, 3.05) is 0 Å². The molecule has 0 aromatic carbocycles. The molecule has 0 radical (unpaired) electrons. The van der Waals surface area contributed by atoms with Gasteiger partial charge >= 0.3 is 0 Å². The molecule has 0 unspecified atom stereocenters. The molecule has 1 aromatic rings. The molecule has 0 aliphatic heterocycles. The van der Waals surface area contributed by atoms with Gasteiger partial charge in [0.15, 0.2) is 0 Å². The van der Waals surface area contributed by atoms with Crippen molar-refractivity contribution in [2.45, 2.75) is 6.37 Å². The average molecular weight is 120 g/mol. The van der Waals surface area contributed by atoms with Gasteiger partial charge in [0, 0.05) is 15.1 Å². The summed E-state index contributed by atoms with van der Waals surface area (Å²) in [5, 5.41) is 8.39. The number of hydrogen-bond acceptors (Lipinski definition) is 2. The molecular formula is C7H6N2. The van der Waals surface area contributed by atoms with Crippen LogP contribution in [0.3, 0.4) is 0 Å². The van der Waals surface area contributed by atoms with Crippen molar-refractivity contribution in [3.8, 4) is 6.07 Å². The molecule has 0 saturated heterocycles. The fraction of sp³-hybridized carbons (Fsp3) is 0.143. The Morgan fingerprint density at radius 3 is 3.33 bits per heavy atom. The Hall–Kier alpha value is -1.36. The minimum absolute atomic E-state index is 0.294. The van der Waals surface area contributed by atoms with E-state index < -0.39 is 6.37 Å². The lowest BCUT2D eigenvalue weighted by atomic mass is 10.2. The van der Waals surface area contributed by atoms with Crippen LogP contribution in [0.4, 0.5) is 0 Å². The van der Waals surface area contributed by atoms with E-state index in [1.54, 1.807) is 12.1 Å². The second-order valence-electron chi connectivity index (χ2n) is 1.48. The summed E-state index contributed by atoms with van der Waals surface area (Å²) in [5.41, 5.74) is 0.294. The molecule has 1 aromatic heterocycles. The Morgan fingerprint density at radius 1 is 1.89 bits per heavy atom. The molecule has 0 fully saturated rings. The highest BCUT2D eigenvalue weighted by molar-refractivity contribution is 5.12. The number of nitriles is 1. The molecule has 0 aliphatic rings. The van der Waals surface area contributed by atoms with Crippen LogP contribution in [0.2, 0.25) is 0 Å². The topological polar surface area (TPSA) is 36.7 Å². The second kappa shape index (κ2) is 2.83. The summed E-state index contributed by atoms with van der Waals surface area (Å²) >= 11 is 0. The van der Waals surface area contributed by atoms with Crippen molar-refractivity contribution in [1.82, 2.24) is 4.98 Å². The molecule has 0 saturated carbocycles. The number of rotatable bonds is 1. The van der Waals surface area contributed by atoms with Gasteiger partial charge in [-0.2, -0.15) is 5.26 Å². The lowest BCUT2D eigenvalue weighted by molar-refractivity contribution is 1.19. The van der Waals surface area contributed by atoms with Crippen molar-refractivity contribution in [2.24, 2.45) is 0 Å². The van der Waals surface area contributed by atoms with E-state index in [0.29, 0.717) is 5.56 Å². The summed E-state index contributed by atoms with van der Waals surface area (Å²) in [5.74, 6) is 0. The zero-order valence-electron chi connectivity index (χ0n) is 6.70. The number of hydrogen-bond donors (Lipinski definition) is 0. The monoisotopic (exact) mass is 120 g/mol. The van der Waals surface area contributed by atoms with Crippen molar-refractivity contribution in [1.29, 1.82) is 5.26 Å². The number of nitrogens with zero attached hydrogens (tertiary/aromatic N) is 2. The second-order valence-corrected chi connectivity index (χ2v) is 1.48. The highest BCUT2D eigenvalue weighted by atomic mass is 14.6. The van der Waals surface area contributed by atoms with Crippen molar-refractivity contribution in [3.63, 3.8) is 0 Å². The molecule has 0 aliphatic carbocycles. The van der Waals surface area contributed by atoms with E-state index in [-0.39, 0.29) is 0 Å². The van der Waals surface area contributed by atoms with Gasteiger partial charge in [0.1, 0.15) is 0 Å². The van der Waals surface area contributed by atoms with Gasteiger partial charge in [-0.3, -0.25) is 4.98 Å². The van der Waals surface area contributed by atoms with Crippen LogP contribution < -0.4 is 0 Å². The Kier molecular flexibility index (Phi) is 1.14. The standard InChI is InChI=1S/C7H6N2/c8-4-3-7-2-1-5-9-6-7/h1-2,5-6H,3H2/i3D2. The molecule has 0 amide bonds.